The molecule has 0 bridgehead atoms. The number of allylic oxidation sites excluding steroid dienone is 1. The number of hydrogen-bond acceptors (Lipinski definition) is 4. The first-order valence-electron chi connectivity index (χ1n) is 6.55. The number of aromatic nitrogens is 4. The topological polar surface area (TPSA) is 63.8 Å². The minimum Gasteiger partial charge on any atom is -0.508 e. The van der Waals surface area contributed by atoms with E-state index in [1.165, 1.54) is 4.80 Å². The zero-order valence-corrected chi connectivity index (χ0v) is 11.3. The molecule has 1 N–H and O–H groups in total. The molecule has 21 heavy (non-hydrogen) atoms. The fourth-order valence-corrected chi connectivity index (χ4v) is 2.02. The summed E-state index contributed by atoms with van der Waals surface area (Å²) in [5, 5.41) is 21.6. The van der Waals surface area contributed by atoms with E-state index < -0.39 is 0 Å². The molecule has 5 nitrogen and oxygen atoms in total. The van der Waals surface area contributed by atoms with Gasteiger partial charge in [-0.05, 0) is 28.5 Å². The van der Waals surface area contributed by atoms with Crippen LogP contribution < -0.4 is 0 Å². The average molecular weight is 278 g/mol. The van der Waals surface area contributed by atoms with Crippen LogP contribution >= 0.6 is 0 Å². The summed E-state index contributed by atoms with van der Waals surface area (Å²) >= 11 is 0. The fourth-order valence-electron chi connectivity index (χ4n) is 2.02. The molecule has 0 fully saturated rings. The lowest BCUT2D eigenvalue weighted by Crippen LogP contribution is -1.99. The Kier molecular flexibility index (Phi) is 3.47. The lowest BCUT2D eigenvalue weighted by molar-refractivity contribution is 0.475. The summed E-state index contributed by atoms with van der Waals surface area (Å²) in [5.74, 6) is 0.854. The number of aromatic hydroxyl groups is 1. The minimum absolute atomic E-state index is 0.262. The summed E-state index contributed by atoms with van der Waals surface area (Å²) in [4.78, 5) is 1.50. The van der Waals surface area contributed by atoms with E-state index in [1.54, 1.807) is 18.2 Å². The predicted molar refractivity (Wildman–Crippen MR) is 80.6 cm³/mol. The number of phenolic OH excluding ortho intramolecular Hbond substituents is 1. The van der Waals surface area contributed by atoms with Gasteiger partial charge in [0.15, 0.2) is 0 Å². The second kappa shape index (κ2) is 5.58. The van der Waals surface area contributed by atoms with Gasteiger partial charge >= 0.3 is 0 Å². The third kappa shape index (κ3) is 2.81. The molecular formula is C16H14N4O. The number of benzene rings is 2. The van der Waals surface area contributed by atoms with E-state index in [0.717, 1.165) is 16.7 Å². The molecule has 0 atom stereocenters. The van der Waals surface area contributed by atoms with Gasteiger partial charge in [0.1, 0.15) is 5.75 Å². The summed E-state index contributed by atoms with van der Waals surface area (Å²) in [5.41, 5.74) is 3.02. The molecule has 104 valence electrons. The van der Waals surface area contributed by atoms with Crippen molar-refractivity contribution in [3.05, 3.63) is 61.2 Å². The average Bonchev–Trinajstić information content (AvgIpc) is 2.97. The van der Waals surface area contributed by atoms with Crippen LogP contribution in [-0.2, 0) is 6.54 Å². The van der Waals surface area contributed by atoms with Gasteiger partial charge < -0.3 is 5.11 Å². The van der Waals surface area contributed by atoms with Crippen molar-refractivity contribution in [3.63, 3.8) is 0 Å². The molecule has 0 aliphatic heterocycles. The molecule has 1 aromatic heterocycles. The second-order valence-corrected chi connectivity index (χ2v) is 4.58. The molecule has 0 spiro atoms. The highest BCUT2D eigenvalue weighted by Gasteiger charge is 2.05. The van der Waals surface area contributed by atoms with Crippen LogP contribution in [0.5, 0.6) is 5.75 Å². The van der Waals surface area contributed by atoms with Crippen molar-refractivity contribution in [2.75, 3.05) is 0 Å². The number of nitrogens with zero attached hydrogens (tertiary/aromatic N) is 4. The second-order valence-electron chi connectivity index (χ2n) is 4.58. The van der Waals surface area contributed by atoms with Crippen molar-refractivity contribution < 1.29 is 5.11 Å². The van der Waals surface area contributed by atoms with Crippen molar-refractivity contribution in [2.24, 2.45) is 0 Å². The smallest absolute Gasteiger partial charge is 0.204 e. The number of hydrogen-bond donors (Lipinski definition) is 1. The van der Waals surface area contributed by atoms with E-state index in [2.05, 4.69) is 22.0 Å². The van der Waals surface area contributed by atoms with Gasteiger partial charge in [0.25, 0.3) is 0 Å². The van der Waals surface area contributed by atoms with Crippen LogP contribution in [-0.4, -0.2) is 25.3 Å². The first kappa shape index (κ1) is 13.1. The summed E-state index contributed by atoms with van der Waals surface area (Å²) < 4.78 is 0. The van der Waals surface area contributed by atoms with Crippen molar-refractivity contribution in [1.29, 1.82) is 0 Å². The van der Waals surface area contributed by atoms with E-state index in [0.29, 0.717) is 12.4 Å². The molecule has 0 saturated carbocycles. The van der Waals surface area contributed by atoms with Crippen molar-refractivity contribution in [1.82, 2.24) is 20.2 Å². The molecule has 3 rings (SSSR count). The summed E-state index contributed by atoms with van der Waals surface area (Å²) in [6, 6.07) is 15.0. The molecule has 0 radical (unpaired) electrons. The first-order chi connectivity index (χ1) is 10.3. The molecule has 5 heteroatoms. The highest BCUT2D eigenvalue weighted by atomic mass is 16.3. The van der Waals surface area contributed by atoms with Crippen LogP contribution in [0.1, 0.15) is 0 Å². The Hall–Kier alpha value is -2.95. The Morgan fingerprint density at radius 1 is 0.952 bits per heavy atom. The monoisotopic (exact) mass is 278 g/mol. The Balaban J connectivity index is 1.86. The van der Waals surface area contributed by atoms with Gasteiger partial charge in [0.05, 0.1) is 6.54 Å². The van der Waals surface area contributed by atoms with Crippen LogP contribution in [0.3, 0.4) is 0 Å². The Bertz CT molecular complexity index is 745. The lowest BCUT2D eigenvalue weighted by Gasteiger charge is -2.02. The summed E-state index contributed by atoms with van der Waals surface area (Å²) in [6.45, 7) is 4.18. The van der Waals surface area contributed by atoms with Crippen molar-refractivity contribution >= 4 is 0 Å². The molecule has 0 saturated heterocycles. The Morgan fingerprint density at radius 2 is 1.52 bits per heavy atom. The van der Waals surface area contributed by atoms with Gasteiger partial charge in [0.2, 0.25) is 5.82 Å². The number of tetrazole rings is 1. The van der Waals surface area contributed by atoms with Crippen molar-refractivity contribution in [2.45, 2.75) is 6.54 Å². The number of phenols is 1. The Labute approximate surface area is 122 Å². The van der Waals surface area contributed by atoms with Crippen LogP contribution in [0.2, 0.25) is 0 Å². The Morgan fingerprint density at radius 3 is 2.14 bits per heavy atom. The highest BCUT2D eigenvalue weighted by molar-refractivity contribution is 5.67. The highest BCUT2D eigenvalue weighted by Crippen LogP contribution is 2.24. The molecule has 0 aliphatic rings. The van der Waals surface area contributed by atoms with Gasteiger partial charge in [-0.1, -0.05) is 42.5 Å². The van der Waals surface area contributed by atoms with Gasteiger partial charge in [0, 0.05) is 5.56 Å². The lowest BCUT2D eigenvalue weighted by atomic mass is 10.0. The molecular weight excluding hydrogens is 264 g/mol. The van der Waals surface area contributed by atoms with Crippen molar-refractivity contribution in [3.8, 4) is 28.3 Å². The third-order valence-corrected chi connectivity index (χ3v) is 3.09. The van der Waals surface area contributed by atoms with Crippen LogP contribution in [0.15, 0.2) is 61.2 Å². The van der Waals surface area contributed by atoms with E-state index in [4.69, 9.17) is 0 Å². The zero-order valence-electron chi connectivity index (χ0n) is 11.3. The normalized spacial score (nSPS) is 10.5. The van der Waals surface area contributed by atoms with Crippen LogP contribution in [0.4, 0.5) is 0 Å². The van der Waals surface area contributed by atoms with Gasteiger partial charge in [-0.25, -0.2) is 0 Å². The van der Waals surface area contributed by atoms with Gasteiger partial charge in [-0.2, -0.15) is 4.80 Å². The molecule has 3 aromatic rings. The summed E-state index contributed by atoms with van der Waals surface area (Å²) in [7, 11) is 0. The molecule has 1 heterocycles. The third-order valence-electron chi connectivity index (χ3n) is 3.09. The maximum atomic E-state index is 9.31. The SMILES string of the molecule is C=CCn1nnc(-c2ccc(-c3ccc(O)cc3)cc2)n1. The van der Waals surface area contributed by atoms with E-state index in [9.17, 15) is 5.11 Å². The van der Waals surface area contributed by atoms with Gasteiger partial charge in [-0.15, -0.1) is 16.8 Å². The number of rotatable bonds is 4. The fraction of sp³-hybridized carbons (Fsp3) is 0.0625. The zero-order chi connectivity index (χ0) is 14.7. The molecule has 0 amide bonds. The molecule has 2 aromatic carbocycles. The van der Waals surface area contributed by atoms with E-state index in [-0.39, 0.29) is 5.75 Å². The maximum absolute atomic E-state index is 9.31. The predicted octanol–water partition coefficient (Wildman–Crippen LogP) is 2.90. The van der Waals surface area contributed by atoms with E-state index in [1.807, 2.05) is 36.4 Å². The van der Waals surface area contributed by atoms with Crippen LogP contribution in [0, 0.1) is 0 Å². The van der Waals surface area contributed by atoms with E-state index >= 15 is 0 Å². The molecule has 0 aliphatic carbocycles. The van der Waals surface area contributed by atoms with Gasteiger partial charge in [-0.3, -0.25) is 0 Å². The standard InChI is InChI=1S/C16H14N4O/c1-2-11-20-18-16(17-19-20)14-5-3-12(4-6-14)13-7-9-15(21)10-8-13/h2-10,21H,1,11H2. The van der Waals surface area contributed by atoms with Crippen LogP contribution in [0.25, 0.3) is 22.5 Å². The largest absolute Gasteiger partial charge is 0.508 e. The minimum atomic E-state index is 0.262. The summed E-state index contributed by atoms with van der Waals surface area (Å²) in [6.07, 6.45) is 1.72. The first-order valence-corrected chi connectivity index (χ1v) is 6.55. The quantitative estimate of drug-likeness (QED) is 0.745. The maximum Gasteiger partial charge on any atom is 0.204 e. The molecule has 0 unspecified atom stereocenters.